The van der Waals surface area contributed by atoms with Crippen molar-refractivity contribution in [3.63, 3.8) is 0 Å². The van der Waals surface area contributed by atoms with Crippen LogP contribution in [0, 0.1) is 0 Å². The highest BCUT2D eigenvalue weighted by Crippen LogP contribution is 2.36. The van der Waals surface area contributed by atoms with Crippen molar-refractivity contribution in [3.8, 4) is 22.3 Å². The Balaban J connectivity index is 0.984. The van der Waals surface area contributed by atoms with Gasteiger partial charge in [-0.05, 0) is 107 Å². The second-order valence-corrected chi connectivity index (χ2v) is 14.6. The molecule has 55 heavy (non-hydrogen) atoms. The number of benzene rings is 8. The van der Waals surface area contributed by atoms with E-state index in [2.05, 4.69) is 212 Å². The molecular formula is C52H39N3. The third-order valence-electron chi connectivity index (χ3n) is 11.0. The maximum absolute atomic E-state index is 5.33. The summed E-state index contributed by atoms with van der Waals surface area (Å²) < 4.78 is 0. The first-order valence-corrected chi connectivity index (χ1v) is 19.0. The quantitative estimate of drug-likeness (QED) is 0.174. The highest BCUT2D eigenvalue weighted by atomic mass is 15.1. The molecule has 3 nitrogen and oxygen atoms in total. The van der Waals surface area contributed by atoms with Crippen molar-refractivity contribution in [2.45, 2.75) is 6.17 Å². The largest absolute Gasteiger partial charge is 0.376 e. The molecule has 0 aliphatic carbocycles. The van der Waals surface area contributed by atoms with Gasteiger partial charge in [0.15, 0.2) is 0 Å². The highest BCUT2D eigenvalue weighted by Gasteiger charge is 2.21. The minimum atomic E-state index is -0.251. The van der Waals surface area contributed by atoms with E-state index < -0.39 is 0 Å². The van der Waals surface area contributed by atoms with E-state index in [1.807, 2.05) is 0 Å². The maximum atomic E-state index is 5.33. The van der Waals surface area contributed by atoms with Crippen molar-refractivity contribution in [1.82, 2.24) is 10.2 Å². The van der Waals surface area contributed by atoms with Gasteiger partial charge in [0, 0.05) is 24.9 Å². The second-order valence-electron chi connectivity index (χ2n) is 14.6. The molecule has 0 bridgehead atoms. The average Bonchev–Trinajstić information content (AvgIpc) is 3.26. The minimum absolute atomic E-state index is 0.251. The molecule has 0 spiro atoms. The van der Waals surface area contributed by atoms with E-state index >= 15 is 0 Å². The lowest BCUT2D eigenvalue weighted by atomic mass is 9.92. The summed E-state index contributed by atoms with van der Waals surface area (Å²) in [5, 5.41) is 11.3. The first kappa shape index (κ1) is 32.7. The number of nitrogens with zero attached hydrogens (tertiary/aromatic N) is 2. The summed E-state index contributed by atoms with van der Waals surface area (Å²) in [6, 6.07) is 61.6. The molecule has 1 atom stereocenters. The van der Waals surface area contributed by atoms with Gasteiger partial charge in [0.05, 0.1) is 5.71 Å². The third kappa shape index (κ3) is 6.30. The Morgan fingerprint density at radius 1 is 0.527 bits per heavy atom. The Morgan fingerprint density at radius 3 is 1.87 bits per heavy atom. The second kappa shape index (κ2) is 13.8. The van der Waals surface area contributed by atoms with Crippen molar-refractivity contribution in [3.05, 3.63) is 217 Å². The van der Waals surface area contributed by atoms with Crippen LogP contribution in [-0.2, 0) is 0 Å². The SMILES string of the molecule is CN1C=CC=C(c2ccc(-c3ccc(C4=CC(c5ccc6ccccc6c5)=NC(c5ccc(-c6cc7ccccc7c7ccccc67)cc5)N4)cc3)cc2)C1. The van der Waals surface area contributed by atoms with Gasteiger partial charge in [0.1, 0.15) is 6.17 Å². The van der Waals surface area contributed by atoms with Gasteiger partial charge in [-0.1, -0.05) is 164 Å². The molecule has 0 saturated carbocycles. The summed E-state index contributed by atoms with van der Waals surface area (Å²) in [6.07, 6.45) is 8.38. The fourth-order valence-electron chi connectivity index (χ4n) is 8.09. The summed E-state index contributed by atoms with van der Waals surface area (Å²) in [5.41, 5.74) is 12.8. The normalized spacial score (nSPS) is 15.5. The number of allylic oxidation sites excluding steroid dienone is 3. The fourth-order valence-corrected chi connectivity index (χ4v) is 8.09. The summed E-state index contributed by atoms with van der Waals surface area (Å²) in [6.45, 7) is 0.921. The van der Waals surface area contributed by atoms with Gasteiger partial charge in [-0.3, -0.25) is 4.99 Å². The van der Waals surface area contributed by atoms with E-state index in [1.54, 1.807) is 0 Å². The van der Waals surface area contributed by atoms with Crippen molar-refractivity contribution >= 4 is 49.3 Å². The Bertz CT molecular complexity index is 2860. The van der Waals surface area contributed by atoms with Crippen molar-refractivity contribution in [2.75, 3.05) is 13.6 Å². The number of hydrogen-bond acceptors (Lipinski definition) is 3. The number of rotatable bonds is 6. The van der Waals surface area contributed by atoms with Gasteiger partial charge < -0.3 is 10.2 Å². The lowest BCUT2D eigenvalue weighted by molar-refractivity contribution is 0.512. The van der Waals surface area contributed by atoms with Crippen molar-refractivity contribution in [2.24, 2.45) is 4.99 Å². The lowest BCUT2D eigenvalue weighted by Crippen LogP contribution is -2.24. The van der Waals surface area contributed by atoms with Crippen LogP contribution in [0.3, 0.4) is 0 Å². The number of aliphatic imine (C=N–C) groups is 1. The zero-order valence-corrected chi connectivity index (χ0v) is 30.7. The Hall–Kier alpha value is -6.97. The molecule has 8 aromatic carbocycles. The third-order valence-corrected chi connectivity index (χ3v) is 11.0. The van der Waals surface area contributed by atoms with Gasteiger partial charge in [-0.2, -0.15) is 0 Å². The monoisotopic (exact) mass is 705 g/mol. The molecule has 1 unspecified atom stereocenters. The predicted molar refractivity (Wildman–Crippen MR) is 233 cm³/mol. The highest BCUT2D eigenvalue weighted by molar-refractivity contribution is 6.15. The van der Waals surface area contributed by atoms with Crippen LogP contribution < -0.4 is 5.32 Å². The molecule has 2 aliphatic rings. The van der Waals surface area contributed by atoms with Crippen LogP contribution in [0.25, 0.3) is 65.8 Å². The van der Waals surface area contributed by atoms with Crippen LogP contribution in [0.4, 0.5) is 0 Å². The van der Waals surface area contributed by atoms with Crippen LogP contribution >= 0.6 is 0 Å². The molecule has 0 radical (unpaired) electrons. The summed E-state index contributed by atoms with van der Waals surface area (Å²) in [4.78, 5) is 7.54. The molecule has 0 aromatic heterocycles. The molecule has 262 valence electrons. The Labute approximate surface area is 321 Å². The van der Waals surface area contributed by atoms with Crippen LogP contribution in [-0.4, -0.2) is 24.2 Å². The van der Waals surface area contributed by atoms with E-state index in [-0.39, 0.29) is 6.17 Å². The van der Waals surface area contributed by atoms with Gasteiger partial charge in [0.2, 0.25) is 0 Å². The van der Waals surface area contributed by atoms with E-state index in [4.69, 9.17) is 4.99 Å². The van der Waals surface area contributed by atoms with Crippen LogP contribution in [0.15, 0.2) is 199 Å². The van der Waals surface area contributed by atoms with Gasteiger partial charge >= 0.3 is 0 Å². The summed E-state index contributed by atoms with van der Waals surface area (Å²) >= 11 is 0. The molecular weight excluding hydrogens is 667 g/mol. The molecule has 2 aliphatic heterocycles. The van der Waals surface area contributed by atoms with Gasteiger partial charge in [0.25, 0.3) is 0 Å². The van der Waals surface area contributed by atoms with E-state index in [0.717, 1.165) is 34.6 Å². The maximum Gasteiger partial charge on any atom is 0.145 e. The first-order valence-electron chi connectivity index (χ1n) is 19.0. The van der Waals surface area contributed by atoms with E-state index in [9.17, 15) is 0 Å². The van der Waals surface area contributed by atoms with Crippen molar-refractivity contribution < 1.29 is 0 Å². The fraction of sp³-hybridized carbons (Fsp3) is 0.0577. The molecule has 0 amide bonds. The molecule has 10 rings (SSSR count). The number of nitrogens with one attached hydrogen (secondary N) is 1. The Morgan fingerprint density at radius 2 is 1.13 bits per heavy atom. The minimum Gasteiger partial charge on any atom is -0.376 e. The predicted octanol–water partition coefficient (Wildman–Crippen LogP) is 12.5. The number of fused-ring (bicyclic) bond motifs is 4. The lowest BCUT2D eigenvalue weighted by Gasteiger charge is -2.25. The molecule has 0 fully saturated rings. The smallest absolute Gasteiger partial charge is 0.145 e. The van der Waals surface area contributed by atoms with Crippen LogP contribution in [0.5, 0.6) is 0 Å². The number of likely N-dealkylation sites (N-methyl/N-ethyl adjacent to an activating group) is 1. The first-order chi connectivity index (χ1) is 27.1. The zero-order valence-electron chi connectivity index (χ0n) is 30.7. The van der Waals surface area contributed by atoms with E-state index in [1.165, 1.54) is 65.7 Å². The van der Waals surface area contributed by atoms with Crippen LogP contribution in [0.1, 0.15) is 28.4 Å². The van der Waals surface area contributed by atoms with Gasteiger partial charge in [-0.15, -0.1) is 0 Å². The number of hydrogen-bond donors (Lipinski definition) is 1. The molecule has 8 aromatic rings. The van der Waals surface area contributed by atoms with Gasteiger partial charge in [-0.25, -0.2) is 0 Å². The summed E-state index contributed by atoms with van der Waals surface area (Å²) in [7, 11) is 2.11. The van der Waals surface area contributed by atoms with Crippen molar-refractivity contribution in [1.29, 1.82) is 0 Å². The standard InChI is InChI=1S/C52H39N3/c1-55-30-8-12-45(34-55)38-18-16-36(17-19-38)37-20-25-40(26-21-37)50-33-51(44-29-22-35-9-2-3-10-42(35)31-44)54-52(53-50)41-27-23-39(24-28-41)49-32-43-11-4-5-13-46(43)47-14-6-7-15-48(47)49/h2-33,52-53H,34H2,1H3. The zero-order chi connectivity index (χ0) is 36.7. The molecule has 3 heteroatoms. The van der Waals surface area contributed by atoms with Crippen LogP contribution in [0.2, 0.25) is 0 Å². The molecule has 1 N–H and O–H groups in total. The molecule has 2 heterocycles. The average molecular weight is 706 g/mol. The Kier molecular flexibility index (Phi) is 8.18. The molecule has 0 saturated heterocycles. The van der Waals surface area contributed by atoms with E-state index in [0.29, 0.717) is 0 Å². The summed E-state index contributed by atoms with van der Waals surface area (Å²) in [5.74, 6) is 0. The topological polar surface area (TPSA) is 27.6 Å².